The van der Waals surface area contributed by atoms with E-state index in [9.17, 15) is 0 Å². The second kappa shape index (κ2) is 7.05. The summed E-state index contributed by atoms with van der Waals surface area (Å²) in [7, 11) is 0. The van der Waals surface area contributed by atoms with Crippen molar-refractivity contribution in [1.82, 2.24) is 5.32 Å². The van der Waals surface area contributed by atoms with E-state index < -0.39 is 0 Å². The molecule has 0 saturated heterocycles. The van der Waals surface area contributed by atoms with Crippen molar-refractivity contribution < 1.29 is 0 Å². The van der Waals surface area contributed by atoms with Gasteiger partial charge in [0, 0.05) is 6.04 Å². The van der Waals surface area contributed by atoms with Gasteiger partial charge < -0.3 is 5.32 Å². The van der Waals surface area contributed by atoms with Crippen molar-refractivity contribution in [2.75, 3.05) is 6.54 Å². The first-order valence-corrected chi connectivity index (χ1v) is 6.65. The Morgan fingerprint density at radius 3 is 2.67 bits per heavy atom. The molecule has 0 heterocycles. The molecule has 0 radical (unpaired) electrons. The largest absolute Gasteiger partial charge is 0.313 e. The third-order valence-electron chi connectivity index (χ3n) is 3.33. The Labute approximate surface area is 95.3 Å². The van der Waals surface area contributed by atoms with Crippen molar-refractivity contribution in [2.45, 2.75) is 65.3 Å². The fraction of sp³-hybridized carbons (Fsp3) is 0.857. The zero-order chi connectivity index (χ0) is 11.1. The van der Waals surface area contributed by atoms with Crippen LogP contribution in [0, 0.1) is 5.92 Å². The van der Waals surface area contributed by atoms with Gasteiger partial charge in [0.15, 0.2) is 0 Å². The van der Waals surface area contributed by atoms with E-state index in [-0.39, 0.29) is 0 Å². The van der Waals surface area contributed by atoms with E-state index in [0.717, 1.165) is 12.5 Å². The molecule has 0 bridgehead atoms. The number of allylic oxidation sites excluding steroid dienone is 1. The second-order valence-electron chi connectivity index (χ2n) is 5.12. The molecule has 88 valence electrons. The first kappa shape index (κ1) is 12.8. The minimum atomic E-state index is 0.689. The summed E-state index contributed by atoms with van der Waals surface area (Å²) in [6.45, 7) is 8.06. The highest BCUT2D eigenvalue weighted by atomic mass is 14.9. The lowest BCUT2D eigenvalue weighted by Crippen LogP contribution is -2.34. The number of hydrogen-bond donors (Lipinski definition) is 1. The molecular weight excluding hydrogens is 182 g/mol. The molecule has 1 rings (SSSR count). The summed E-state index contributed by atoms with van der Waals surface area (Å²) in [5.74, 6) is 0.749. The topological polar surface area (TPSA) is 12.0 Å². The van der Waals surface area contributed by atoms with E-state index in [1.807, 2.05) is 0 Å². The minimum Gasteiger partial charge on any atom is -0.313 e. The predicted molar refractivity (Wildman–Crippen MR) is 68.1 cm³/mol. The van der Waals surface area contributed by atoms with Crippen molar-refractivity contribution >= 4 is 0 Å². The maximum absolute atomic E-state index is 3.68. The molecule has 0 amide bonds. The first-order chi connectivity index (χ1) is 7.24. The molecule has 1 heteroatoms. The van der Waals surface area contributed by atoms with Gasteiger partial charge >= 0.3 is 0 Å². The first-order valence-electron chi connectivity index (χ1n) is 6.65. The minimum absolute atomic E-state index is 0.689. The highest BCUT2D eigenvalue weighted by molar-refractivity contribution is 5.07. The van der Waals surface area contributed by atoms with E-state index >= 15 is 0 Å². The molecule has 1 N–H and O–H groups in total. The maximum Gasteiger partial charge on any atom is 0.0127 e. The molecule has 1 nitrogen and oxygen atoms in total. The van der Waals surface area contributed by atoms with Gasteiger partial charge in [0.1, 0.15) is 0 Å². The van der Waals surface area contributed by atoms with E-state index in [2.05, 4.69) is 32.2 Å². The lowest BCUT2D eigenvalue weighted by Gasteiger charge is -2.25. The van der Waals surface area contributed by atoms with Crippen molar-refractivity contribution in [2.24, 2.45) is 5.92 Å². The summed E-state index contributed by atoms with van der Waals surface area (Å²) in [5.41, 5.74) is 1.70. The van der Waals surface area contributed by atoms with Gasteiger partial charge in [0.25, 0.3) is 0 Å². The fourth-order valence-corrected chi connectivity index (χ4v) is 2.25. The fourth-order valence-electron chi connectivity index (χ4n) is 2.25. The van der Waals surface area contributed by atoms with Crippen LogP contribution < -0.4 is 5.32 Å². The Morgan fingerprint density at radius 1 is 1.33 bits per heavy atom. The Hall–Kier alpha value is -0.300. The summed E-state index contributed by atoms with van der Waals surface area (Å²) in [6, 6.07) is 0.689. The third-order valence-corrected chi connectivity index (χ3v) is 3.33. The normalized spacial score (nSPS) is 19.1. The standard InChI is InChI=1S/C14H27N/c1-4-10-15-14(12(2)3)11-13-8-6-5-7-9-13/h8,12,14-15H,4-7,9-11H2,1-3H3. The van der Waals surface area contributed by atoms with Crippen LogP contribution in [-0.4, -0.2) is 12.6 Å². The van der Waals surface area contributed by atoms with Crippen LogP contribution in [0.2, 0.25) is 0 Å². The third kappa shape index (κ3) is 4.83. The summed E-state index contributed by atoms with van der Waals surface area (Å²) >= 11 is 0. The van der Waals surface area contributed by atoms with Crippen molar-refractivity contribution in [3.63, 3.8) is 0 Å². The lowest BCUT2D eigenvalue weighted by atomic mass is 9.90. The van der Waals surface area contributed by atoms with Crippen LogP contribution in [0.1, 0.15) is 59.3 Å². The van der Waals surface area contributed by atoms with Gasteiger partial charge in [-0.05, 0) is 51.0 Å². The smallest absolute Gasteiger partial charge is 0.0127 e. The summed E-state index contributed by atoms with van der Waals surface area (Å²) in [4.78, 5) is 0. The number of hydrogen-bond acceptors (Lipinski definition) is 1. The van der Waals surface area contributed by atoms with Crippen LogP contribution in [0.3, 0.4) is 0 Å². The van der Waals surface area contributed by atoms with Crippen molar-refractivity contribution in [3.05, 3.63) is 11.6 Å². The SMILES string of the molecule is CCCNC(CC1=CCCCC1)C(C)C. The van der Waals surface area contributed by atoms with Gasteiger partial charge in [0.05, 0.1) is 0 Å². The average Bonchev–Trinajstić information content (AvgIpc) is 2.25. The number of nitrogens with one attached hydrogen (secondary N) is 1. The van der Waals surface area contributed by atoms with Crippen LogP contribution in [0.5, 0.6) is 0 Å². The van der Waals surface area contributed by atoms with Crippen LogP contribution in [0.25, 0.3) is 0 Å². The molecule has 1 aliphatic rings. The van der Waals surface area contributed by atoms with Gasteiger partial charge in [-0.1, -0.05) is 32.4 Å². The highest BCUT2D eigenvalue weighted by Gasteiger charge is 2.15. The Balaban J connectivity index is 2.38. The van der Waals surface area contributed by atoms with Crippen molar-refractivity contribution in [3.8, 4) is 0 Å². The predicted octanol–water partition coefficient (Wildman–Crippen LogP) is 3.90. The molecule has 0 saturated carbocycles. The molecule has 0 aromatic carbocycles. The van der Waals surface area contributed by atoms with Crippen LogP contribution in [0.15, 0.2) is 11.6 Å². The van der Waals surface area contributed by atoms with Gasteiger partial charge in [-0.3, -0.25) is 0 Å². The van der Waals surface area contributed by atoms with E-state index in [0.29, 0.717) is 6.04 Å². The maximum atomic E-state index is 3.68. The molecule has 0 aromatic heterocycles. The van der Waals surface area contributed by atoms with Gasteiger partial charge in [0.2, 0.25) is 0 Å². The number of rotatable bonds is 6. The lowest BCUT2D eigenvalue weighted by molar-refractivity contribution is 0.390. The Kier molecular flexibility index (Phi) is 6.00. The van der Waals surface area contributed by atoms with Crippen LogP contribution in [0.4, 0.5) is 0 Å². The van der Waals surface area contributed by atoms with Crippen LogP contribution in [-0.2, 0) is 0 Å². The monoisotopic (exact) mass is 209 g/mol. The molecule has 0 aliphatic heterocycles. The second-order valence-corrected chi connectivity index (χ2v) is 5.12. The molecule has 1 atom stereocenters. The zero-order valence-corrected chi connectivity index (χ0v) is 10.7. The van der Waals surface area contributed by atoms with Crippen molar-refractivity contribution in [1.29, 1.82) is 0 Å². The van der Waals surface area contributed by atoms with Gasteiger partial charge in [-0.15, -0.1) is 0 Å². The van der Waals surface area contributed by atoms with Crippen LogP contribution >= 0.6 is 0 Å². The summed E-state index contributed by atoms with van der Waals surface area (Å²) < 4.78 is 0. The Morgan fingerprint density at radius 2 is 2.13 bits per heavy atom. The van der Waals surface area contributed by atoms with E-state index in [1.54, 1.807) is 5.57 Å². The average molecular weight is 209 g/mol. The Bertz CT molecular complexity index is 194. The quantitative estimate of drug-likeness (QED) is 0.654. The molecule has 1 aliphatic carbocycles. The van der Waals surface area contributed by atoms with E-state index in [4.69, 9.17) is 0 Å². The van der Waals surface area contributed by atoms with E-state index in [1.165, 1.54) is 38.5 Å². The highest BCUT2D eigenvalue weighted by Crippen LogP contribution is 2.23. The zero-order valence-electron chi connectivity index (χ0n) is 10.7. The van der Waals surface area contributed by atoms with Gasteiger partial charge in [-0.25, -0.2) is 0 Å². The molecule has 0 spiro atoms. The molecule has 15 heavy (non-hydrogen) atoms. The molecule has 1 unspecified atom stereocenters. The molecule has 0 aromatic rings. The van der Waals surface area contributed by atoms with Gasteiger partial charge in [-0.2, -0.15) is 0 Å². The summed E-state index contributed by atoms with van der Waals surface area (Å²) in [6.07, 6.45) is 10.5. The molecule has 0 fully saturated rings. The summed E-state index contributed by atoms with van der Waals surface area (Å²) in [5, 5.41) is 3.68. The molecular formula is C14H27N.